The Kier molecular flexibility index (Phi) is 3.65. The molecule has 2 atom stereocenters. The van der Waals surface area contributed by atoms with Gasteiger partial charge in [-0.15, -0.1) is 0 Å². The molecule has 1 aliphatic heterocycles. The van der Waals surface area contributed by atoms with Crippen LogP contribution in [0, 0.1) is 11.3 Å². The van der Waals surface area contributed by atoms with Crippen LogP contribution >= 0.6 is 0 Å². The van der Waals surface area contributed by atoms with E-state index in [0.717, 1.165) is 24.9 Å². The van der Waals surface area contributed by atoms with Gasteiger partial charge in [0.05, 0.1) is 18.8 Å². The summed E-state index contributed by atoms with van der Waals surface area (Å²) in [4.78, 5) is 0. The van der Waals surface area contributed by atoms with Gasteiger partial charge < -0.3 is 10.1 Å². The Morgan fingerprint density at radius 3 is 2.88 bits per heavy atom. The Balaban J connectivity index is 2.12. The van der Waals surface area contributed by atoms with Crippen molar-refractivity contribution >= 4 is 5.69 Å². The summed E-state index contributed by atoms with van der Waals surface area (Å²) in [5, 5.41) is 12.8. The van der Waals surface area contributed by atoms with E-state index in [2.05, 4.69) is 18.3 Å². The van der Waals surface area contributed by atoms with Gasteiger partial charge in [0.2, 0.25) is 0 Å². The third-order valence-corrected chi connectivity index (χ3v) is 3.29. The Morgan fingerprint density at radius 2 is 2.24 bits per heavy atom. The fraction of sp³-hybridized carbons (Fsp3) is 0.500. The molecule has 0 radical (unpaired) electrons. The normalized spacial score (nSPS) is 28.4. The standard InChI is InChI=1S/C14H18N2O/c1-2-13-10-14(11-15,8-9-17-13)16-12-6-4-3-5-7-12/h3-7,13,16H,2,8-10H2,1H3. The minimum atomic E-state index is -0.472. The fourth-order valence-corrected chi connectivity index (χ4v) is 2.25. The number of hydrogen-bond donors (Lipinski definition) is 1. The first-order valence-electron chi connectivity index (χ1n) is 6.14. The Bertz CT molecular complexity index is 398. The molecule has 1 aliphatic rings. The minimum absolute atomic E-state index is 0.194. The lowest BCUT2D eigenvalue weighted by Crippen LogP contribution is -2.45. The topological polar surface area (TPSA) is 45.0 Å². The van der Waals surface area contributed by atoms with Crippen molar-refractivity contribution in [2.24, 2.45) is 0 Å². The molecule has 17 heavy (non-hydrogen) atoms. The second kappa shape index (κ2) is 5.20. The maximum absolute atomic E-state index is 9.45. The van der Waals surface area contributed by atoms with E-state index >= 15 is 0 Å². The van der Waals surface area contributed by atoms with Crippen molar-refractivity contribution in [3.8, 4) is 6.07 Å². The Labute approximate surface area is 102 Å². The molecule has 0 aromatic heterocycles. The van der Waals surface area contributed by atoms with Crippen molar-refractivity contribution in [2.75, 3.05) is 11.9 Å². The number of nitrogens with zero attached hydrogens (tertiary/aromatic N) is 1. The number of anilines is 1. The third-order valence-electron chi connectivity index (χ3n) is 3.29. The van der Waals surface area contributed by atoms with Gasteiger partial charge in [0.25, 0.3) is 0 Å². The smallest absolute Gasteiger partial charge is 0.130 e. The minimum Gasteiger partial charge on any atom is -0.378 e. The van der Waals surface area contributed by atoms with E-state index in [-0.39, 0.29) is 6.10 Å². The van der Waals surface area contributed by atoms with Crippen LogP contribution in [0.3, 0.4) is 0 Å². The molecule has 90 valence electrons. The second-order valence-corrected chi connectivity index (χ2v) is 4.54. The van der Waals surface area contributed by atoms with Gasteiger partial charge in [-0.1, -0.05) is 25.1 Å². The van der Waals surface area contributed by atoms with Crippen molar-refractivity contribution in [3.05, 3.63) is 30.3 Å². The summed E-state index contributed by atoms with van der Waals surface area (Å²) >= 11 is 0. The molecular weight excluding hydrogens is 212 g/mol. The monoisotopic (exact) mass is 230 g/mol. The average Bonchev–Trinajstić information content (AvgIpc) is 2.40. The van der Waals surface area contributed by atoms with E-state index in [1.54, 1.807) is 0 Å². The molecule has 0 amide bonds. The third kappa shape index (κ3) is 2.78. The van der Waals surface area contributed by atoms with E-state index in [4.69, 9.17) is 4.74 Å². The van der Waals surface area contributed by atoms with Gasteiger partial charge >= 0.3 is 0 Å². The van der Waals surface area contributed by atoms with Crippen LogP contribution in [-0.4, -0.2) is 18.2 Å². The van der Waals surface area contributed by atoms with Gasteiger partial charge in [0, 0.05) is 18.5 Å². The maximum atomic E-state index is 9.45. The number of nitriles is 1. The first-order valence-corrected chi connectivity index (χ1v) is 6.14. The second-order valence-electron chi connectivity index (χ2n) is 4.54. The van der Waals surface area contributed by atoms with Crippen molar-refractivity contribution < 1.29 is 4.74 Å². The predicted octanol–water partition coefficient (Wildman–Crippen LogP) is 2.95. The molecule has 3 heteroatoms. The number of rotatable bonds is 3. The van der Waals surface area contributed by atoms with E-state index in [1.807, 2.05) is 30.3 Å². The zero-order valence-corrected chi connectivity index (χ0v) is 10.1. The number of benzene rings is 1. The fourth-order valence-electron chi connectivity index (χ4n) is 2.25. The quantitative estimate of drug-likeness (QED) is 0.868. The molecule has 1 saturated heterocycles. The summed E-state index contributed by atoms with van der Waals surface area (Å²) in [6, 6.07) is 12.4. The highest BCUT2D eigenvalue weighted by atomic mass is 16.5. The van der Waals surface area contributed by atoms with Crippen molar-refractivity contribution in [3.63, 3.8) is 0 Å². The number of hydrogen-bond acceptors (Lipinski definition) is 3. The van der Waals surface area contributed by atoms with Crippen LogP contribution in [0.25, 0.3) is 0 Å². The Hall–Kier alpha value is -1.53. The molecule has 0 saturated carbocycles. The highest BCUT2D eigenvalue weighted by Gasteiger charge is 2.36. The first kappa shape index (κ1) is 11.9. The zero-order valence-electron chi connectivity index (χ0n) is 10.1. The lowest BCUT2D eigenvalue weighted by atomic mass is 9.87. The largest absolute Gasteiger partial charge is 0.378 e. The van der Waals surface area contributed by atoms with E-state index in [1.165, 1.54) is 0 Å². The molecule has 0 bridgehead atoms. The summed E-state index contributed by atoms with van der Waals surface area (Å²) in [6.07, 6.45) is 2.66. The van der Waals surface area contributed by atoms with Gasteiger partial charge in [-0.2, -0.15) is 5.26 Å². The van der Waals surface area contributed by atoms with Crippen LogP contribution in [0.2, 0.25) is 0 Å². The van der Waals surface area contributed by atoms with Crippen LogP contribution in [0.15, 0.2) is 30.3 Å². The molecule has 1 heterocycles. The summed E-state index contributed by atoms with van der Waals surface area (Å²) in [7, 11) is 0. The number of para-hydroxylation sites is 1. The van der Waals surface area contributed by atoms with Crippen molar-refractivity contribution in [1.29, 1.82) is 5.26 Å². The van der Waals surface area contributed by atoms with Crippen molar-refractivity contribution in [2.45, 2.75) is 37.8 Å². The van der Waals surface area contributed by atoms with Gasteiger partial charge in [-0.05, 0) is 18.6 Å². The van der Waals surface area contributed by atoms with Crippen LogP contribution < -0.4 is 5.32 Å². The molecule has 3 nitrogen and oxygen atoms in total. The summed E-state index contributed by atoms with van der Waals surface area (Å²) in [6.45, 7) is 2.76. The van der Waals surface area contributed by atoms with Crippen LogP contribution in [0.1, 0.15) is 26.2 Å². The first-order chi connectivity index (χ1) is 8.28. The zero-order chi connectivity index (χ0) is 12.1. The van der Waals surface area contributed by atoms with Crippen LogP contribution in [0.5, 0.6) is 0 Å². The molecule has 1 N–H and O–H groups in total. The summed E-state index contributed by atoms with van der Waals surface area (Å²) < 4.78 is 5.63. The lowest BCUT2D eigenvalue weighted by Gasteiger charge is -2.36. The Morgan fingerprint density at radius 1 is 1.47 bits per heavy atom. The molecule has 1 aromatic carbocycles. The lowest BCUT2D eigenvalue weighted by molar-refractivity contribution is -0.00304. The van der Waals surface area contributed by atoms with Crippen molar-refractivity contribution in [1.82, 2.24) is 0 Å². The molecule has 1 fully saturated rings. The van der Waals surface area contributed by atoms with Gasteiger partial charge in [0.1, 0.15) is 5.54 Å². The van der Waals surface area contributed by atoms with Crippen LogP contribution in [0.4, 0.5) is 5.69 Å². The molecule has 0 spiro atoms. The predicted molar refractivity (Wildman–Crippen MR) is 67.7 cm³/mol. The molecule has 2 rings (SSSR count). The molecular formula is C14H18N2O. The number of nitrogens with one attached hydrogen (secondary N) is 1. The van der Waals surface area contributed by atoms with Gasteiger partial charge in [-0.3, -0.25) is 0 Å². The SMILES string of the molecule is CCC1CC(C#N)(Nc2ccccc2)CCO1. The maximum Gasteiger partial charge on any atom is 0.130 e. The van der Waals surface area contributed by atoms with E-state index in [0.29, 0.717) is 6.61 Å². The summed E-state index contributed by atoms with van der Waals surface area (Å²) in [5.41, 5.74) is 0.533. The van der Waals surface area contributed by atoms with E-state index in [9.17, 15) is 5.26 Å². The highest BCUT2D eigenvalue weighted by molar-refractivity contribution is 5.47. The van der Waals surface area contributed by atoms with E-state index < -0.39 is 5.54 Å². The number of ether oxygens (including phenoxy) is 1. The summed E-state index contributed by atoms with van der Waals surface area (Å²) in [5.74, 6) is 0. The molecule has 2 unspecified atom stereocenters. The van der Waals surface area contributed by atoms with Crippen LogP contribution in [-0.2, 0) is 4.74 Å². The van der Waals surface area contributed by atoms with Gasteiger partial charge in [-0.25, -0.2) is 0 Å². The molecule has 1 aromatic rings. The highest BCUT2D eigenvalue weighted by Crippen LogP contribution is 2.29. The molecule has 0 aliphatic carbocycles. The average molecular weight is 230 g/mol. The van der Waals surface area contributed by atoms with Gasteiger partial charge in [0.15, 0.2) is 0 Å².